The number of amides is 1. The van der Waals surface area contributed by atoms with Crippen molar-refractivity contribution in [3.05, 3.63) is 29.8 Å². The number of rotatable bonds is 5. The summed E-state index contributed by atoms with van der Waals surface area (Å²) in [4.78, 5) is 12.0. The standard InChI is InChI=1S/C14H20N2O4S/c15-21(18,19)13-3-1-11(2-4-13)5-8-16-14(17)12-6-9-20-10-7-12/h1-4,12H,5-10H2,(H,16,17)(H2,15,18,19). The predicted molar refractivity (Wildman–Crippen MR) is 78.1 cm³/mol. The maximum atomic E-state index is 11.9. The van der Waals surface area contributed by atoms with Gasteiger partial charge in [0, 0.05) is 25.7 Å². The molecular weight excluding hydrogens is 292 g/mol. The summed E-state index contributed by atoms with van der Waals surface area (Å²) >= 11 is 0. The second-order valence-corrected chi connectivity index (χ2v) is 6.68. The first-order valence-corrected chi connectivity index (χ1v) is 8.48. The summed E-state index contributed by atoms with van der Waals surface area (Å²) in [6.45, 7) is 1.82. The molecule has 1 fully saturated rings. The van der Waals surface area contributed by atoms with Gasteiger partial charge in [-0.15, -0.1) is 0 Å². The van der Waals surface area contributed by atoms with Crippen molar-refractivity contribution in [1.29, 1.82) is 0 Å². The van der Waals surface area contributed by atoms with Crippen LogP contribution in [0.2, 0.25) is 0 Å². The van der Waals surface area contributed by atoms with E-state index in [-0.39, 0.29) is 16.7 Å². The summed E-state index contributed by atoms with van der Waals surface area (Å²) in [7, 11) is -3.65. The second kappa shape index (κ2) is 7.02. The van der Waals surface area contributed by atoms with Gasteiger partial charge in [-0.2, -0.15) is 0 Å². The lowest BCUT2D eigenvalue weighted by Gasteiger charge is -2.21. The number of nitrogens with two attached hydrogens (primary N) is 1. The molecule has 0 aromatic heterocycles. The molecule has 1 amide bonds. The number of hydrogen-bond donors (Lipinski definition) is 2. The molecular formula is C14H20N2O4S. The van der Waals surface area contributed by atoms with E-state index in [0.29, 0.717) is 26.2 Å². The third kappa shape index (κ3) is 4.80. The largest absolute Gasteiger partial charge is 0.381 e. The number of carbonyl (C=O) groups is 1. The van der Waals surface area contributed by atoms with Crippen molar-refractivity contribution in [2.75, 3.05) is 19.8 Å². The molecule has 1 aromatic rings. The van der Waals surface area contributed by atoms with Crippen molar-refractivity contribution in [1.82, 2.24) is 5.32 Å². The first-order valence-electron chi connectivity index (χ1n) is 6.94. The Balaban J connectivity index is 1.79. The Kier molecular flexibility index (Phi) is 5.33. The molecule has 0 bridgehead atoms. The van der Waals surface area contributed by atoms with Gasteiger partial charge in [-0.25, -0.2) is 13.6 Å². The Morgan fingerprint density at radius 3 is 2.43 bits per heavy atom. The zero-order chi connectivity index (χ0) is 15.3. The SMILES string of the molecule is NS(=O)(=O)c1ccc(CCNC(=O)C2CCOCC2)cc1. The average Bonchev–Trinajstić information content (AvgIpc) is 2.47. The van der Waals surface area contributed by atoms with Crippen LogP contribution in [0.5, 0.6) is 0 Å². The van der Waals surface area contributed by atoms with Gasteiger partial charge in [0.1, 0.15) is 0 Å². The normalized spacial score (nSPS) is 16.6. The van der Waals surface area contributed by atoms with Gasteiger partial charge in [0.25, 0.3) is 0 Å². The van der Waals surface area contributed by atoms with Crippen molar-refractivity contribution < 1.29 is 17.9 Å². The molecule has 7 heteroatoms. The highest BCUT2D eigenvalue weighted by Gasteiger charge is 2.20. The molecule has 0 aliphatic carbocycles. The summed E-state index contributed by atoms with van der Waals surface area (Å²) in [5, 5.41) is 7.94. The minimum absolute atomic E-state index is 0.0449. The lowest BCUT2D eigenvalue weighted by atomic mass is 9.99. The second-order valence-electron chi connectivity index (χ2n) is 5.12. The fourth-order valence-electron chi connectivity index (χ4n) is 2.28. The molecule has 1 aliphatic rings. The Morgan fingerprint density at radius 2 is 1.86 bits per heavy atom. The molecule has 0 radical (unpaired) electrons. The van der Waals surface area contributed by atoms with Crippen LogP contribution in [0.25, 0.3) is 0 Å². The molecule has 1 heterocycles. The third-order valence-corrected chi connectivity index (χ3v) is 4.49. The van der Waals surface area contributed by atoms with Crippen LogP contribution in [0.4, 0.5) is 0 Å². The van der Waals surface area contributed by atoms with Crippen LogP contribution < -0.4 is 10.5 Å². The van der Waals surface area contributed by atoms with Crippen molar-refractivity contribution >= 4 is 15.9 Å². The highest BCUT2D eigenvalue weighted by molar-refractivity contribution is 7.89. The Hall–Kier alpha value is -1.44. The van der Waals surface area contributed by atoms with E-state index in [2.05, 4.69) is 5.32 Å². The van der Waals surface area contributed by atoms with Gasteiger partial charge in [-0.3, -0.25) is 4.79 Å². The van der Waals surface area contributed by atoms with E-state index >= 15 is 0 Å². The van der Waals surface area contributed by atoms with E-state index in [4.69, 9.17) is 9.88 Å². The minimum Gasteiger partial charge on any atom is -0.381 e. The lowest BCUT2D eigenvalue weighted by molar-refractivity contribution is -0.127. The molecule has 3 N–H and O–H groups in total. The Morgan fingerprint density at radius 1 is 1.24 bits per heavy atom. The highest BCUT2D eigenvalue weighted by atomic mass is 32.2. The van der Waals surface area contributed by atoms with Crippen molar-refractivity contribution in [3.8, 4) is 0 Å². The molecule has 2 rings (SSSR count). The zero-order valence-corrected chi connectivity index (χ0v) is 12.6. The molecule has 0 unspecified atom stereocenters. The number of benzene rings is 1. The van der Waals surface area contributed by atoms with Gasteiger partial charge in [-0.05, 0) is 37.0 Å². The molecule has 0 spiro atoms. The van der Waals surface area contributed by atoms with E-state index in [0.717, 1.165) is 18.4 Å². The molecule has 21 heavy (non-hydrogen) atoms. The van der Waals surface area contributed by atoms with Gasteiger partial charge in [0.05, 0.1) is 4.90 Å². The number of primary sulfonamides is 1. The van der Waals surface area contributed by atoms with Crippen molar-refractivity contribution in [3.63, 3.8) is 0 Å². The fourth-order valence-corrected chi connectivity index (χ4v) is 2.80. The molecule has 0 saturated carbocycles. The maximum Gasteiger partial charge on any atom is 0.238 e. The van der Waals surface area contributed by atoms with Gasteiger partial charge >= 0.3 is 0 Å². The summed E-state index contributed by atoms with van der Waals surface area (Å²) in [5.74, 6) is 0.114. The minimum atomic E-state index is -3.65. The number of hydrogen-bond acceptors (Lipinski definition) is 4. The fraction of sp³-hybridized carbons (Fsp3) is 0.500. The van der Waals surface area contributed by atoms with Crippen molar-refractivity contribution in [2.24, 2.45) is 11.1 Å². The van der Waals surface area contributed by atoms with Gasteiger partial charge < -0.3 is 10.1 Å². The van der Waals surface area contributed by atoms with Crippen LogP contribution in [0.3, 0.4) is 0 Å². The lowest BCUT2D eigenvalue weighted by Crippen LogP contribution is -2.35. The summed E-state index contributed by atoms with van der Waals surface area (Å²) < 4.78 is 27.5. The number of carbonyl (C=O) groups excluding carboxylic acids is 1. The topological polar surface area (TPSA) is 98.5 Å². The Labute approximate surface area is 124 Å². The summed E-state index contributed by atoms with van der Waals surface area (Å²) in [5.41, 5.74) is 0.953. The maximum absolute atomic E-state index is 11.9. The number of nitrogens with one attached hydrogen (secondary N) is 1. The summed E-state index contributed by atoms with van der Waals surface area (Å²) in [6.07, 6.45) is 2.20. The van der Waals surface area contributed by atoms with Gasteiger partial charge in [0.2, 0.25) is 15.9 Å². The van der Waals surface area contributed by atoms with E-state index < -0.39 is 10.0 Å². The quantitative estimate of drug-likeness (QED) is 0.823. The molecule has 6 nitrogen and oxygen atoms in total. The van der Waals surface area contributed by atoms with Crippen molar-refractivity contribution in [2.45, 2.75) is 24.2 Å². The van der Waals surface area contributed by atoms with E-state index in [1.807, 2.05) is 0 Å². The Bertz CT molecular complexity index is 577. The van der Waals surface area contributed by atoms with Crippen LogP contribution in [-0.2, 0) is 26.0 Å². The first kappa shape index (κ1) is 15.9. The molecule has 116 valence electrons. The van der Waals surface area contributed by atoms with Gasteiger partial charge in [0.15, 0.2) is 0 Å². The number of sulfonamides is 1. The third-order valence-electron chi connectivity index (χ3n) is 3.56. The van der Waals surface area contributed by atoms with Crippen LogP contribution >= 0.6 is 0 Å². The highest BCUT2D eigenvalue weighted by Crippen LogP contribution is 2.14. The van der Waals surface area contributed by atoms with Crippen LogP contribution in [0, 0.1) is 5.92 Å². The monoisotopic (exact) mass is 312 g/mol. The van der Waals surface area contributed by atoms with E-state index in [1.54, 1.807) is 12.1 Å². The summed E-state index contributed by atoms with van der Waals surface area (Å²) in [6, 6.07) is 6.37. The molecule has 1 aliphatic heterocycles. The first-order chi connectivity index (χ1) is 9.97. The van der Waals surface area contributed by atoms with Gasteiger partial charge in [-0.1, -0.05) is 12.1 Å². The zero-order valence-electron chi connectivity index (χ0n) is 11.7. The van der Waals surface area contributed by atoms with E-state index in [1.165, 1.54) is 12.1 Å². The molecule has 1 saturated heterocycles. The number of ether oxygens (including phenoxy) is 1. The smallest absolute Gasteiger partial charge is 0.238 e. The van der Waals surface area contributed by atoms with Crippen LogP contribution in [-0.4, -0.2) is 34.1 Å². The van der Waals surface area contributed by atoms with E-state index in [9.17, 15) is 13.2 Å². The average molecular weight is 312 g/mol. The molecule has 0 atom stereocenters. The predicted octanol–water partition coefficient (Wildman–Crippen LogP) is 0.419. The van der Waals surface area contributed by atoms with Crippen LogP contribution in [0.1, 0.15) is 18.4 Å². The molecule has 1 aromatic carbocycles. The van der Waals surface area contributed by atoms with Crippen LogP contribution in [0.15, 0.2) is 29.2 Å².